The van der Waals surface area contributed by atoms with Crippen LogP contribution in [-0.4, -0.2) is 11.1 Å². The fourth-order valence-corrected chi connectivity index (χ4v) is 1.66. The molecule has 2 aromatic carbocycles. The van der Waals surface area contributed by atoms with Crippen molar-refractivity contribution >= 4 is 29.2 Å². The van der Waals surface area contributed by atoms with E-state index in [1.54, 1.807) is 24.3 Å². The molecule has 0 aliphatic rings. The second-order valence-electron chi connectivity index (χ2n) is 3.83. The van der Waals surface area contributed by atoms with Crippen molar-refractivity contribution in [3.63, 3.8) is 0 Å². The molecule has 20 heavy (non-hydrogen) atoms. The van der Waals surface area contributed by atoms with E-state index < -0.39 is 16.4 Å². The largest absolute Gasteiger partial charge is 0.868 e. The van der Waals surface area contributed by atoms with E-state index in [4.69, 9.17) is 11.6 Å². The van der Waals surface area contributed by atoms with Crippen molar-refractivity contribution in [1.82, 2.24) is 0 Å². The Balaban J connectivity index is 2.14. The lowest BCUT2D eigenvalue weighted by Crippen LogP contribution is -1.99. The molecule has 102 valence electrons. The maximum atomic E-state index is 11.2. The molecule has 0 unspecified atom stereocenters. The third kappa shape index (κ3) is 3.24. The number of hydrogen-bond acceptors (Lipinski definition) is 5. The number of halogens is 1. The molecule has 1 N–H and O–H groups in total. The number of hydrazone groups is 1. The summed E-state index contributed by atoms with van der Waals surface area (Å²) in [5.74, 6) is -0.633. The van der Waals surface area contributed by atoms with E-state index in [2.05, 4.69) is 10.5 Å². The van der Waals surface area contributed by atoms with Crippen LogP contribution < -0.4 is 10.5 Å². The fraction of sp³-hybridized carbons (Fsp3) is 0. The summed E-state index contributed by atoms with van der Waals surface area (Å²) in [6.45, 7) is 0. The van der Waals surface area contributed by atoms with E-state index in [0.717, 1.165) is 6.07 Å². The maximum Gasteiger partial charge on any atom is 0.262 e. The van der Waals surface area contributed by atoms with E-state index in [1.807, 2.05) is 0 Å². The molecule has 0 radical (unpaired) electrons. The Morgan fingerprint density at radius 3 is 2.70 bits per heavy atom. The van der Waals surface area contributed by atoms with Gasteiger partial charge >= 0.3 is 0 Å². The molecule has 2 aromatic rings. The number of nitrogens with zero attached hydrogens (tertiary/aromatic N) is 2. The molecule has 0 saturated heterocycles. The summed E-state index contributed by atoms with van der Waals surface area (Å²) >= 11 is 5.93. The molecule has 0 spiro atoms. The van der Waals surface area contributed by atoms with Crippen molar-refractivity contribution in [3.05, 3.63) is 63.2 Å². The van der Waals surface area contributed by atoms with Gasteiger partial charge in [0.05, 0.1) is 21.8 Å². The van der Waals surface area contributed by atoms with Crippen LogP contribution in [0, 0.1) is 10.1 Å². The predicted octanol–water partition coefficient (Wildman–Crippen LogP) is 2.77. The molecule has 0 heterocycles. The van der Waals surface area contributed by atoms with Gasteiger partial charge in [0.25, 0.3) is 5.69 Å². The van der Waals surface area contributed by atoms with Gasteiger partial charge in [-0.3, -0.25) is 15.5 Å². The number of rotatable bonds is 4. The molecule has 0 aromatic heterocycles. The Hall–Kier alpha value is -2.60. The Kier molecular flexibility index (Phi) is 4.17. The summed E-state index contributed by atoms with van der Waals surface area (Å²) in [5, 5.41) is 26.3. The van der Waals surface area contributed by atoms with Gasteiger partial charge in [-0.25, -0.2) is 0 Å². The zero-order valence-electron chi connectivity index (χ0n) is 10.1. The quantitative estimate of drug-likeness (QED) is 0.532. The highest BCUT2D eigenvalue weighted by atomic mass is 35.5. The van der Waals surface area contributed by atoms with Crippen molar-refractivity contribution in [1.29, 1.82) is 0 Å². The highest BCUT2D eigenvalue weighted by Crippen LogP contribution is 2.23. The van der Waals surface area contributed by atoms with Gasteiger partial charge in [-0.2, -0.15) is 5.10 Å². The van der Waals surface area contributed by atoms with Crippen LogP contribution in [0.15, 0.2) is 47.6 Å². The Morgan fingerprint density at radius 1 is 1.25 bits per heavy atom. The summed E-state index contributed by atoms with van der Waals surface area (Å²) < 4.78 is 0. The summed E-state index contributed by atoms with van der Waals surface area (Å²) in [6, 6.07) is 10.8. The SMILES string of the molecule is O=[N+]([O-])c1cc(/C=N\Nc2ccccc2Cl)ccc1[O-]. The Bertz CT molecular complexity index is 674. The molecule has 2 rings (SSSR count). The highest BCUT2D eigenvalue weighted by molar-refractivity contribution is 6.33. The average Bonchev–Trinajstić information content (AvgIpc) is 2.42. The lowest BCUT2D eigenvalue weighted by molar-refractivity contribution is -0.398. The smallest absolute Gasteiger partial charge is 0.262 e. The summed E-state index contributed by atoms with van der Waals surface area (Å²) in [4.78, 5) is 9.92. The maximum absolute atomic E-state index is 11.2. The van der Waals surface area contributed by atoms with Crippen LogP contribution in [0.5, 0.6) is 5.75 Å². The molecule has 0 bridgehead atoms. The third-order valence-corrected chi connectivity index (χ3v) is 2.78. The summed E-state index contributed by atoms with van der Waals surface area (Å²) in [6.07, 6.45) is 1.37. The minimum Gasteiger partial charge on any atom is -0.868 e. The van der Waals surface area contributed by atoms with Gasteiger partial charge in [-0.1, -0.05) is 35.9 Å². The number of nitro groups is 1. The van der Waals surface area contributed by atoms with Crippen molar-refractivity contribution in [3.8, 4) is 5.75 Å². The van der Waals surface area contributed by atoms with E-state index >= 15 is 0 Å². The minimum atomic E-state index is -0.721. The molecule has 7 heteroatoms. The molecular weight excluding hydrogens is 282 g/mol. The average molecular weight is 291 g/mol. The van der Waals surface area contributed by atoms with E-state index in [0.29, 0.717) is 16.3 Å². The van der Waals surface area contributed by atoms with Crippen LogP contribution in [0.2, 0.25) is 5.02 Å². The number of nitrogens with one attached hydrogen (secondary N) is 1. The van der Waals surface area contributed by atoms with Gasteiger partial charge in [0.2, 0.25) is 0 Å². The van der Waals surface area contributed by atoms with Gasteiger partial charge in [-0.15, -0.1) is 0 Å². The van der Waals surface area contributed by atoms with Crippen LogP contribution in [0.1, 0.15) is 5.56 Å². The lowest BCUT2D eigenvalue weighted by Gasteiger charge is -2.06. The van der Waals surface area contributed by atoms with Gasteiger partial charge in [0.1, 0.15) is 0 Å². The lowest BCUT2D eigenvalue weighted by atomic mass is 10.2. The third-order valence-electron chi connectivity index (χ3n) is 2.45. The molecule has 0 saturated carbocycles. The van der Waals surface area contributed by atoms with Crippen molar-refractivity contribution in [2.75, 3.05) is 5.43 Å². The number of benzene rings is 2. The topological polar surface area (TPSA) is 90.6 Å². The van der Waals surface area contributed by atoms with E-state index in [-0.39, 0.29) is 0 Å². The molecule has 0 amide bonds. The number of anilines is 1. The van der Waals surface area contributed by atoms with E-state index in [9.17, 15) is 15.2 Å². The molecule has 0 fully saturated rings. The van der Waals surface area contributed by atoms with Crippen molar-refractivity contribution < 1.29 is 10.0 Å². The van der Waals surface area contributed by atoms with Crippen LogP contribution in [0.3, 0.4) is 0 Å². The number of hydrogen-bond donors (Lipinski definition) is 1. The summed E-state index contributed by atoms with van der Waals surface area (Å²) in [5.41, 5.74) is 3.29. The first kappa shape index (κ1) is 13.8. The van der Waals surface area contributed by atoms with Crippen LogP contribution in [0.4, 0.5) is 11.4 Å². The highest BCUT2D eigenvalue weighted by Gasteiger charge is 2.06. The number of nitro benzene ring substituents is 1. The standard InChI is InChI=1S/C13H10ClN3O3/c14-10-3-1-2-4-11(10)16-15-8-9-5-6-13(18)12(7-9)17(19)20/h1-8,16,18H/p-1/b15-8-. The minimum absolute atomic E-state index is 0.441. The first-order chi connectivity index (χ1) is 9.58. The molecular formula is C13H9ClN3O3-. The summed E-state index contributed by atoms with van der Waals surface area (Å²) in [7, 11) is 0. The number of para-hydroxylation sites is 1. The Morgan fingerprint density at radius 2 is 2.00 bits per heavy atom. The van der Waals surface area contributed by atoms with Crippen molar-refractivity contribution in [2.45, 2.75) is 0 Å². The van der Waals surface area contributed by atoms with E-state index in [1.165, 1.54) is 18.3 Å². The van der Waals surface area contributed by atoms with Crippen molar-refractivity contribution in [2.24, 2.45) is 5.10 Å². The second-order valence-corrected chi connectivity index (χ2v) is 4.24. The molecule has 6 nitrogen and oxygen atoms in total. The van der Waals surface area contributed by atoms with Crippen LogP contribution in [-0.2, 0) is 0 Å². The van der Waals surface area contributed by atoms with Gasteiger partial charge < -0.3 is 5.11 Å². The zero-order chi connectivity index (χ0) is 14.5. The normalized spacial score (nSPS) is 10.7. The van der Waals surface area contributed by atoms with Crippen LogP contribution >= 0.6 is 11.6 Å². The molecule has 0 aliphatic heterocycles. The van der Waals surface area contributed by atoms with Crippen LogP contribution in [0.25, 0.3) is 0 Å². The van der Waals surface area contributed by atoms with Gasteiger partial charge in [-0.05, 0) is 17.9 Å². The molecule has 0 atom stereocenters. The molecule has 0 aliphatic carbocycles. The van der Waals surface area contributed by atoms with Gasteiger partial charge in [0, 0.05) is 11.6 Å². The Labute approximate surface area is 119 Å². The monoisotopic (exact) mass is 290 g/mol. The zero-order valence-corrected chi connectivity index (χ0v) is 10.9. The first-order valence-corrected chi connectivity index (χ1v) is 5.95. The van der Waals surface area contributed by atoms with Gasteiger partial charge in [0.15, 0.2) is 0 Å². The first-order valence-electron chi connectivity index (χ1n) is 5.57. The second kappa shape index (κ2) is 6.03. The predicted molar refractivity (Wildman–Crippen MR) is 75.2 cm³/mol. The fourth-order valence-electron chi connectivity index (χ4n) is 1.49.